The summed E-state index contributed by atoms with van der Waals surface area (Å²) in [5.74, 6) is -0.358. The highest BCUT2D eigenvalue weighted by molar-refractivity contribution is 5.93. The zero-order valence-corrected chi connectivity index (χ0v) is 17.3. The van der Waals surface area contributed by atoms with Crippen LogP contribution >= 0.6 is 0 Å². The minimum atomic E-state index is -0.388. The van der Waals surface area contributed by atoms with Gasteiger partial charge >= 0.3 is 0 Å². The summed E-state index contributed by atoms with van der Waals surface area (Å²) in [6.45, 7) is 7.35. The fourth-order valence-electron chi connectivity index (χ4n) is 3.79. The third-order valence-electron chi connectivity index (χ3n) is 5.51. The standard InChI is InChI=1S/C24H26N2O4/c1-16-3-6-18(7-4-16)20(26-9-11-29-12-10-26)15-25-24(28)23-14-21(27)19-8-5-17(2)13-22(19)30-23/h3-8,13-14,20H,9-12,15H2,1-2H3,(H,25,28)/t20-/m1/s1. The summed E-state index contributed by atoms with van der Waals surface area (Å²) >= 11 is 0. The fraction of sp³-hybridized carbons (Fsp3) is 0.333. The first-order chi connectivity index (χ1) is 14.5. The predicted octanol–water partition coefficient (Wildman–Crippen LogP) is 3.21. The van der Waals surface area contributed by atoms with Crippen LogP contribution in [0.15, 0.2) is 57.7 Å². The number of carbonyl (C=O) groups is 1. The summed E-state index contributed by atoms with van der Waals surface area (Å²) < 4.78 is 11.2. The van der Waals surface area contributed by atoms with E-state index in [1.165, 1.54) is 11.6 Å². The van der Waals surface area contributed by atoms with E-state index in [0.717, 1.165) is 24.2 Å². The van der Waals surface area contributed by atoms with Crippen LogP contribution in [0.3, 0.4) is 0 Å². The summed E-state index contributed by atoms with van der Waals surface area (Å²) in [5.41, 5.74) is 3.51. The lowest BCUT2D eigenvalue weighted by atomic mass is 10.0. The number of morpholine rings is 1. The molecule has 2 heterocycles. The Morgan fingerprint density at radius 3 is 2.47 bits per heavy atom. The summed E-state index contributed by atoms with van der Waals surface area (Å²) in [7, 11) is 0. The van der Waals surface area contributed by atoms with Crippen LogP contribution in [0.5, 0.6) is 0 Å². The molecule has 0 radical (unpaired) electrons. The Bertz CT molecular complexity index is 1100. The third kappa shape index (κ3) is 4.45. The molecule has 0 saturated carbocycles. The highest BCUT2D eigenvalue weighted by atomic mass is 16.5. The van der Waals surface area contributed by atoms with Crippen molar-refractivity contribution in [2.75, 3.05) is 32.8 Å². The van der Waals surface area contributed by atoms with E-state index in [4.69, 9.17) is 9.15 Å². The second-order valence-corrected chi connectivity index (χ2v) is 7.76. The van der Waals surface area contributed by atoms with E-state index in [1.807, 2.05) is 13.0 Å². The van der Waals surface area contributed by atoms with Gasteiger partial charge in [0.1, 0.15) is 5.58 Å². The van der Waals surface area contributed by atoms with Crippen molar-refractivity contribution in [1.82, 2.24) is 10.2 Å². The lowest BCUT2D eigenvalue weighted by molar-refractivity contribution is 0.0161. The Kier molecular flexibility index (Phi) is 5.97. The number of nitrogens with zero attached hydrogens (tertiary/aromatic N) is 1. The molecular formula is C24H26N2O4. The SMILES string of the molecule is Cc1ccc([C@@H](CNC(=O)c2cc(=O)c3ccc(C)cc3o2)N2CCOCC2)cc1. The molecule has 1 saturated heterocycles. The van der Waals surface area contributed by atoms with Crippen LogP contribution in [0, 0.1) is 13.8 Å². The van der Waals surface area contributed by atoms with Gasteiger partial charge in [-0.2, -0.15) is 0 Å². The number of carbonyl (C=O) groups excluding carboxylic acids is 1. The van der Waals surface area contributed by atoms with E-state index in [2.05, 4.69) is 41.4 Å². The molecule has 1 aromatic heterocycles. The van der Waals surface area contributed by atoms with Crippen LogP contribution in [-0.2, 0) is 4.74 Å². The zero-order chi connectivity index (χ0) is 21.1. The highest BCUT2D eigenvalue weighted by Crippen LogP contribution is 2.22. The molecule has 3 aromatic rings. The van der Waals surface area contributed by atoms with Gasteiger partial charge in [-0.15, -0.1) is 0 Å². The van der Waals surface area contributed by atoms with Crippen molar-refractivity contribution in [2.24, 2.45) is 0 Å². The molecule has 1 N–H and O–H groups in total. The number of benzene rings is 2. The van der Waals surface area contributed by atoms with Crippen molar-refractivity contribution < 1.29 is 13.9 Å². The van der Waals surface area contributed by atoms with Gasteiger partial charge in [-0.05, 0) is 37.1 Å². The van der Waals surface area contributed by atoms with Gasteiger partial charge in [0.05, 0.1) is 24.6 Å². The Balaban J connectivity index is 1.55. The molecule has 1 aliphatic rings. The molecule has 0 aliphatic carbocycles. The van der Waals surface area contributed by atoms with Crippen LogP contribution in [0.25, 0.3) is 11.0 Å². The number of hydrogen-bond acceptors (Lipinski definition) is 5. The maximum atomic E-state index is 12.8. The average Bonchev–Trinajstić information content (AvgIpc) is 2.75. The first-order valence-corrected chi connectivity index (χ1v) is 10.2. The summed E-state index contributed by atoms with van der Waals surface area (Å²) in [4.78, 5) is 27.5. The lowest BCUT2D eigenvalue weighted by Gasteiger charge is -2.35. The monoisotopic (exact) mass is 406 g/mol. The fourth-order valence-corrected chi connectivity index (χ4v) is 3.79. The summed E-state index contributed by atoms with van der Waals surface area (Å²) in [6.07, 6.45) is 0. The molecule has 0 unspecified atom stereocenters. The normalized spacial score (nSPS) is 15.8. The molecule has 156 valence electrons. The van der Waals surface area contributed by atoms with Gasteiger partial charge in [-0.3, -0.25) is 14.5 Å². The number of amides is 1. The van der Waals surface area contributed by atoms with E-state index in [0.29, 0.717) is 30.7 Å². The molecule has 30 heavy (non-hydrogen) atoms. The summed E-state index contributed by atoms with van der Waals surface area (Å²) in [6, 6.07) is 15.0. The molecular weight excluding hydrogens is 380 g/mol. The second kappa shape index (κ2) is 8.81. The molecule has 0 bridgehead atoms. The van der Waals surface area contributed by atoms with Gasteiger partial charge in [-0.25, -0.2) is 0 Å². The van der Waals surface area contributed by atoms with Crippen molar-refractivity contribution in [3.05, 3.63) is 81.2 Å². The minimum Gasteiger partial charge on any atom is -0.451 e. The first-order valence-electron chi connectivity index (χ1n) is 10.2. The van der Waals surface area contributed by atoms with E-state index < -0.39 is 0 Å². The van der Waals surface area contributed by atoms with E-state index in [-0.39, 0.29) is 23.1 Å². The van der Waals surface area contributed by atoms with Crippen molar-refractivity contribution in [3.63, 3.8) is 0 Å². The van der Waals surface area contributed by atoms with Crippen LogP contribution in [-0.4, -0.2) is 43.7 Å². The van der Waals surface area contributed by atoms with E-state index in [9.17, 15) is 9.59 Å². The van der Waals surface area contributed by atoms with Crippen LogP contribution in [0.2, 0.25) is 0 Å². The largest absolute Gasteiger partial charge is 0.451 e. The minimum absolute atomic E-state index is 0.0212. The van der Waals surface area contributed by atoms with Crippen molar-refractivity contribution >= 4 is 16.9 Å². The number of ether oxygens (including phenoxy) is 1. The Morgan fingerprint density at radius 1 is 1.03 bits per heavy atom. The molecule has 6 heteroatoms. The smallest absolute Gasteiger partial charge is 0.287 e. The predicted molar refractivity (Wildman–Crippen MR) is 116 cm³/mol. The summed E-state index contributed by atoms with van der Waals surface area (Å²) in [5, 5.41) is 3.44. The molecule has 2 aromatic carbocycles. The lowest BCUT2D eigenvalue weighted by Crippen LogP contribution is -2.43. The van der Waals surface area contributed by atoms with Crippen molar-refractivity contribution in [3.8, 4) is 0 Å². The molecule has 0 spiro atoms. The number of nitrogens with one attached hydrogen (secondary N) is 1. The van der Waals surface area contributed by atoms with E-state index >= 15 is 0 Å². The Morgan fingerprint density at radius 2 is 1.73 bits per heavy atom. The van der Waals surface area contributed by atoms with Gasteiger partial charge in [0.25, 0.3) is 5.91 Å². The maximum absolute atomic E-state index is 12.8. The third-order valence-corrected chi connectivity index (χ3v) is 5.51. The Hall–Kier alpha value is -2.96. The number of fused-ring (bicyclic) bond motifs is 1. The van der Waals surface area contributed by atoms with Gasteiger partial charge < -0.3 is 14.5 Å². The van der Waals surface area contributed by atoms with Gasteiger partial charge in [-0.1, -0.05) is 35.9 Å². The van der Waals surface area contributed by atoms with Gasteiger partial charge in [0.15, 0.2) is 11.2 Å². The van der Waals surface area contributed by atoms with E-state index in [1.54, 1.807) is 12.1 Å². The maximum Gasteiger partial charge on any atom is 0.287 e. The molecule has 1 aliphatic heterocycles. The first kappa shape index (κ1) is 20.3. The van der Waals surface area contributed by atoms with Crippen LogP contribution in [0.4, 0.5) is 0 Å². The van der Waals surface area contributed by atoms with Gasteiger partial charge in [0.2, 0.25) is 0 Å². The zero-order valence-electron chi connectivity index (χ0n) is 17.3. The molecule has 1 fully saturated rings. The molecule has 1 amide bonds. The number of hydrogen-bond donors (Lipinski definition) is 1. The average molecular weight is 406 g/mol. The molecule has 4 rings (SSSR count). The quantitative estimate of drug-likeness (QED) is 0.705. The highest BCUT2D eigenvalue weighted by Gasteiger charge is 2.24. The number of aryl methyl sites for hydroxylation is 2. The van der Waals surface area contributed by atoms with Crippen molar-refractivity contribution in [1.29, 1.82) is 0 Å². The topological polar surface area (TPSA) is 71.8 Å². The van der Waals surface area contributed by atoms with Crippen LogP contribution in [0.1, 0.15) is 33.3 Å². The molecule has 6 nitrogen and oxygen atoms in total. The van der Waals surface area contributed by atoms with Gasteiger partial charge in [0, 0.05) is 25.7 Å². The van der Waals surface area contributed by atoms with Crippen LogP contribution < -0.4 is 10.7 Å². The number of rotatable bonds is 5. The van der Waals surface area contributed by atoms with Crippen molar-refractivity contribution in [2.45, 2.75) is 19.9 Å². The second-order valence-electron chi connectivity index (χ2n) is 7.76. The molecule has 1 atom stereocenters. The Labute approximate surface area is 175 Å².